The van der Waals surface area contributed by atoms with Crippen molar-refractivity contribution in [3.8, 4) is 0 Å². The Morgan fingerprint density at radius 1 is 1.15 bits per heavy atom. The third kappa shape index (κ3) is 5.11. The fourth-order valence-corrected chi connectivity index (χ4v) is 3.19. The smallest absolute Gasteiger partial charge is 0.0659 e. The zero-order chi connectivity index (χ0) is 19.2. The largest absolute Gasteiger partial charge is 0.385 e. The van der Waals surface area contributed by atoms with Gasteiger partial charge in [0.05, 0.1) is 6.54 Å². The Hall–Kier alpha value is -2.78. The third-order valence-electron chi connectivity index (χ3n) is 4.52. The molecule has 0 spiro atoms. The molecule has 2 aromatic carbocycles. The highest BCUT2D eigenvalue weighted by Crippen LogP contribution is 2.24. The number of rotatable bonds is 8. The van der Waals surface area contributed by atoms with E-state index >= 15 is 0 Å². The lowest BCUT2D eigenvalue weighted by molar-refractivity contribution is 0.686. The summed E-state index contributed by atoms with van der Waals surface area (Å²) in [4.78, 5) is 0. The first-order valence-corrected chi connectivity index (χ1v) is 9.34. The van der Waals surface area contributed by atoms with Gasteiger partial charge in [0.15, 0.2) is 0 Å². The molecule has 0 aliphatic heterocycles. The van der Waals surface area contributed by atoms with Crippen LogP contribution in [-0.4, -0.2) is 16.3 Å². The summed E-state index contributed by atoms with van der Waals surface area (Å²) in [6, 6.07) is 16.2. The number of hydrogen-bond donors (Lipinski definition) is 1. The van der Waals surface area contributed by atoms with Gasteiger partial charge in [0, 0.05) is 29.7 Å². The van der Waals surface area contributed by atoms with Crippen LogP contribution in [0.5, 0.6) is 0 Å². The average Bonchev–Trinajstić information content (AvgIpc) is 3.16. The van der Waals surface area contributed by atoms with Crippen LogP contribution >= 0.6 is 11.6 Å². The van der Waals surface area contributed by atoms with Gasteiger partial charge in [-0.25, -0.2) is 0 Å². The monoisotopic (exact) mass is 377 g/mol. The van der Waals surface area contributed by atoms with Crippen LogP contribution in [0, 0.1) is 6.92 Å². The predicted octanol–water partition coefficient (Wildman–Crippen LogP) is 5.56. The standard InChI is InChI=1S/C23H24ClN3/c1-17-8-9-22(24)15-23(17)18(2)10-12-25-19(3)21-7-4-6-20(14-21)16-27-13-5-11-26-27/h4-9,11,13-15,25H,2-3,10,12,16H2,1H3. The summed E-state index contributed by atoms with van der Waals surface area (Å²) in [5, 5.41) is 8.40. The van der Waals surface area contributed by atoms with Gasteiger partial charge in [0.2, 0.25) is 0 Å². The molecule has 0 amide bonds. The van der Waals surface area contributed by atoms with Crippen LogP contribution < -0.4 is 5.32 Å². The van der Waals surface area contributed by atoms with Crippen LogP contribution in [0.1, 0.15) is 28.7 Å². The summed E-state index contributed by atoms with van der Waals surface area (Å²) in [5.74, 6) is 0. The first-order valence-electron chi connectivity index (χ1n) is 8.97. The number of nitrogens with zero attached hydrogens (tertiary/aromatic N) is 2. The molecule has 0 atom stereocenters. The molecule has 1 aromatic heterocycles. The number of hydrogen-bond acceptors (Lipinski definition) is 2. The summed E-state index contributed by atoms with van der Waals surface area (Å²) in [6.07, 6.45) is 4.58. The molecule has 0 radical (unpaired) electrons. The molecule has 3 nitrogen and oxygen atoms in total. The topological polar surface area (TPSA) is 29.9 Å². The Kier molecular flexibility index (Phi) is 6.15. The van der Waals surface area contributed by atoms with Crippen molar-refractivity contribution in [1.29, 1.82) is 0 Å². The van der Waals surface area contributed by atoms with E-state index in [-0.39, 0.29) is 0 Å². The van der Waals surface area contributed by atoms with Crippen molar-refractivity contribution in [1.82, 2.24) is 15.1 Å². The van der Waals surface area contributed by atoms with Gasteiger partial charge < -0.3 is 5.32 Å². The minimum Gasteiger partial charge on any atom is -0.385 e. The van der Waals surface area contributed by atoms with Gasteiger partial charge in [0.1, 0.15) is 0 Å². The Morgan fingerprint density at radius 2 is 2.00 bits per heavy atom. The van der Waals surface area contributed by atoms with E-state index in [0.717, 1.165) is 46.9 Å². The van der Waals surface area contributed by atoms with Crippen molar-refractivity contribution in [2.24, 2.45) is 0 Å². The van der Waals surface area contributed by atoms with Crippen molar-refractivity contribution < 1.29 is 0 Å². The summed E-state index contributed by atoms with van der Waals surface area (Å²) in [6.45, 7) is 12.0. The van der Waals surface area contributed by atoms with Crippen LogP contribution in [0.25, 0.3) is 11.3 Å². The van der Waals surface area contributed by atoms with E-state index in [1.54, 1.807) is 6.20 Å². The molecule has 4 heteroatoms. The lowest BCUT2D eigenvalue weighted by atomic mass is 9.99. The molecule has 0 aliphatic rings. The Balaban J connectivity index is 1.56. The third-order valence-corrected chi connectivity index (χ3v) is 4.76. The SMILES string of the molecule is C=C(NCCC(=C)c1cc(Cl)ccc1C)c1cccc(Cn2cccn2)c1. The molecule has 1 N–H and O–H groups in total. The second-order valence-electron chi connectivity index (χ2n) is 6.62. The number of aromatic nitrogens is 2. The van der Waals surface area contributed by atoms with Crippen LogP contribution in [0.3, 0.4) is 0 Å². The van der Waals surface area contributed by atoms with Gasteiger partial charge in [-0.15, -0.1) is 0 Å². The van der Waals surface area contributed by atoms with Gasteiger partial charge in [0.25, 0.3) is 0 Å². The molecule has 3 aromatic rings. The Labute approximate surface area is 166 Å². The van der Waals surface area contributed by atoms with E-state index in [2.05, 4.69) is 54.8 Å². The molecule has 0 bridgehead atoms. The van der Waals surface area contributed by atoms with Crippen molar-refractivity contribution in [2.75, 3.05) is 6.54 Å². The summed E-state index contributed by atoms with van der Waals surface area (Å²) in [7, 11) is 0. The molecule has 1 heterocycles. The van der Waals surface area contributed by atoms with Crippen molar-refractivity contribution in [3.63, 3.8) is 0 Å². The van der Waals surface area contributed by atoms with Crippen molar-refractivity contribution >= 4 is 22.9 Å². The summed E-state index contributed by atoms with van der Waals surface area (Å²) < 4.78 is 1.91. The van der Waals surface area contributed by atoms with E-state index < -0.39 is 0 Å². The number of aryl methyl sites for hydroxylation is 1. The van der Waals surface area contributed by atoms with Gasteiger partial charge in [-0.1, -0.05) is 49.0 Å². The molecule has 138 valence electrons. The van der Waals surface area contributed by atoms with Crippen LogP contribution in [0.2, 0.25) is 5.02 Å². The molecule has 0 saturated carbocycles. The lowest BCUT2D eigenvalue weighted by Gasteiger charge is -2.14. The van der Waals surface area contributed by atoms with Crippen LogP contribution in [-0.2, 0) is 6.54 Å². The quantitative estimate of drug-likeness (QED) is 0.557. The molecular weight excluding hydrogens is 354 g/mol. The van der Waals surface area contributed by atoms with Crippen LogP contribution in [0.4, 0.5) is 0 Å². The second kappa shape index (κ2) is 8.74. The first kappa shape index (κ1) is 19.0. The van der Waals surface area contributed by atoms with E-state index in [0.29, 0.717) is 0 Å². The highest BCUT2D eigenvalue weighted by Gasteiger charge is 2.06. The van der Waals surface area contributed by atoms with E-state index in [4.69, 9.17) is 11.6 Å². The zero-order valence-electron chi connectivity index (χ0n) is 15.6. The number of nitrogens with one attached hydrogen (secondary N) is 1. The fourth-order valence-electron chi connectivity index (χ4n) is 3.01. The molecule has 0 aliphatic carbocycles. The number of halogens is 1. The van der Waals surface area contributed by atoms with Crippen LogP contribution in [0.15, 0.2) is 74.1 Å². The normalized spacial score (nSPS) is 10.6. The van der Waals surface area contributed by atoms with Gasteiger partial charge in [-0.05, 0) is 65.4 Å². The maximum Gasteiger partial charge on any atom is 0.0659 e. The minimum absolute atomic E-state index is 0.739. The Morgan fingerprint density at radius 3 is 2.78 bits per heavy atom. The molecule has 0 unspecified atom stereocenters. The van der Waals surface area contributed by atoms with Gasteiger partial charge in [-0.2, -0.15) is 5.10 Å². The highest BCUT2D eigenvalue weighted by atomic mass is 35.5. The maximum atomic E-state index is 6.11. The average molecular weight is 378 g/mol. The molecular formula is C23H24ClN3. The summed E-state index contributed by atoms with van der Waals surface area (Å²) >= 11 is 6.11. The molecule has 3 rings (SSSR count). The van der Waals surface area contributed by atoms with Gasteiger partial charge in [-0.3, -0.25) is 4.68 Å². The van der Waals surface area contributed by atoms with E-state index in [1.165, 1.54) is 11.1 Å². The highest BCUT2D eigenvalue weighted by molar-refractivity contribution is 6.30. The summed E-state index contributed by atoms with van der Waals surface area (Å²) in [5.41, 5.74) is 6.57. The minimum atomic E-state index is 0.739. The van der Waals surface area contributed by atoms with Gasteiger partial charge >= 0.3 is 0 Å². The first-order chi connectivity index (χ1) is 13.0. The predicted molar refractivity (Wildman–Crippen MR) is 115 cm³/mol. The zero-order valence-corrected chi connectivity index (χ0v) is 16.3. The molecule has 0 fully saturated rings. The maximum absolute atomic E-state index is 6.11. The van der Waals surface area contributed by atoms with E-state index in [9.17, 15) is 0 Å². The van der Waals surface area contributed by atoms with E-state index in [1.807, 2.05) is 35.1 Å². The van der Waals surface area contributed by atoms with Crippen molar-refractivity contribution in [2.45, 2.75) is 19.9 Å². The Bertz CT molecular complexity index is 942. The second-order valence-corrected chi connectivity index (χ2v) is 7.06. The number of benzene rings is 2. The molecule has 27 heavy (non-hydrogen) atoms. The molecule has 0 saturated heterocycles. The lowest BCUT2D eigenvalue weighted by Crippen LogP contribution is -2.13. The van der Waals surface area contributed by atoms with Crippen molar-refractivity contribution in [3.05, 3.63) is 101 Å². The fraction of sp³-hybridized carbons (Fsp3) is 0.174.